The topological polar surface area (TPSA) is 69.7 Å². The fraction of sp³-hybridized carbons (Fsp3) is 0.792. The van der Waals surface area contributed by atoms with Crippen LogP contribution in [0.3, 0.4) is 0 Å². The summed E-state index contributed by atoms with van der Waals surface area (Å²) in [6.45, 7) is 13.1. The van der Waals surface area contributed by atoms with Crippen molar-refractivity contribution in [3.8, 4) is 0 Å². The molecule has 1 saturated carbocycles. The van der Waals surface area contributed by atoms with Gasteiger partial charge in [-0.3, -0.25) is 14.4 Å². The summed E-state index contributed by atoms with van der Waals surface area (Å²) in [6.07, 6.45) is 7.32. The van der Waals surface area contributed by atoms with Gasteiger partial charge in [-0.25, -0.2) is 0 Å². The third kappa shape index (κ3) is 5.64. The van der Waals surface area contributed by atoms with E-state index >= 15 is 0 Å². The van der Waals surface area contributed by atoms with Gasteiger partial charge < -0.3 is 15.1 Å². The van der Waals surface area contributed by atoms with Crippen LogP contribution in [0.4, 0.5) is 0 Å². The first kappa shape index (κ1) is 22.8. The number of rotatable bonds is 4. The van der Waals surface area contributed by atoms with Gasteiger partial charge in [0, 0.05) is 44.2 Å². The largest absolute Gasteiger partial charge is 0.352 e. The summed E-state index contributed by atoms with van der Waals surface area (Å²) in [5.41, 5.74) is 1.40. The van der Waals surface area contributed by atoms with E-state index in [2.05, 4.69) is 19.2 Å². The van der Waals surface area contributed by atoms with Crippen molar-refractivity contribution < 1.29 is 14.4 Å². The SMILES string of the molecule is CC1(C)CCC(=CC(=O)NCC2CCN(C(=O)C3CC(=O)N(C(C)(C)C)C3)C2)CC1. The van der Waals surface area contributed by atoms with E-state index in [0.717, 1.165) is 38.6 Å². The van der Waals surface area contributed by atoms with Gasteiger partial charge in [0.25, 0.3) is 0 Å². The van der Waals surface area contributed by atoms with E-state index in [-0.39, 0.29) is 35.1 Å². The zero-order valence-electron chi connectivity index (χ0n) is 19.4. The first-order valence-electron chi connectivity index (χ1n) is 11.5. The minimum atomic E-state index is -0.244. The average molecular weight is 418 g/mol. The highest BCUT2D eigenvalue weighted by Gasteiger charge is 2.42. The van der Waals surface area contributed by atoms with Gasteiger partial charge in [-0.15, -0.1) is 0 Å². The Kier molecular flexibility index (Phi) is 6.63. The van der Waals surface area contributed by atoms with Crippen LogP contribution in [0, 0.1) is 17.3 Å². The number of nitrogens with zero attached hydrogens (tertiary/aromatic N) is 2. The van der Waals surface area contributed by atoms with Crippen LogP contribution in [-0.2, 0) is 14.4 Å². The second-order valence-corrected chi connectivity index (χ2v) is 11.2. The highest BCUT2D eigenvalue weighted by atomic mass is 16.2. The average Bonchev–Trinajstić information content (AvgIpc) is 3.27. The molecule has 0 aromatic heterocycles. The molecule has 2 atom stereocenters. The van der Waals surface area contributed by atoms with E-state index in [4.69, 9.17) is 0 Å². The zero-order chi connectivity index (χ0) is 22.1. The summed E-state index contributed by atoms with van der Waals surface area (Å²) >= 11 is 0. The smallest absolute Gasteiger partial charge is 0.243 e. The van der Waals surface area contributed by atoms with Gasteiger partial charge in [0.05, 0.1) is 5.92 Å². The molecule has 1 aliphatic carbocycles. The molecule has 2 unspecified atom stereocenters. The van der Waals surface area contributed by atoms with Crippen LogP contribution < -0.4 is 5.32 Å². The van der Waals surface area contributed by atoms with Gasteiger partial charge >= 0.3 is 0 Å². The predicted octanol–water partition coefficient (Wildman–Crippen LogP) is 3.12. The lowest BCUT2D eigenvalue weighted by atomic mass is 9.75. The molecular formula is C24H39N3O3. The second kappa shape index (κ2) is 8.72. The molecule has 2 saturated heterocycles. The molecule has 3 amide bonds. The van der Waals surface area contributed by atoms with E-state index in [1.807, 2.05) is 30.6 Å². The van der Waals surface area contributed by atoms with Crippen LogP contribution >= 0.6 is 0 Å². The molecule has 3 rings (SSSR count). The summed E-state index contributed by atoms with van der Waals surface area (Å²) in [4.78, 5) is 41.2. The number of nitrogens with one attached hydrogen (secondary N) is 1. The van der Waals surface area contributed by atoms with Crippen LogP contribution in [0.15, 0.2) is 11.6 Å². The maximum atomic E-state index is 12.9. The molecule has 3 fully saturated rings. The van der Waals surface area contributed by atoms with Crippen LogP contribution in [0.2, 0.25) is 0 Å². The quantitative estimate of drug-likeness (QED) is 0.715. The number of carbonyl (C=O) groups is 3. The highest BCUT2D eigenvalue weighted by molar-refractivity contribution is 5.90. The molecule has 3 aliphatic rings. The lowest BCUT2D eigenvalue weighted by molar-refractivity contribution is -0.135. The summed E-state index contributed by atoms with van der Waals surface area (Å²) in [7, 11) is 0. The molecule has 6 heteroatoms. The molecule has 30 heavy (non-hydrogen) atoms. The molecule has 0 radical (unpaired) electrons. The maximum absolute atomic E-state index is 12.9. The Morgan fingerprint density at radius 2 is 1.83 bits per heavy atom. The second-order valence-electron chi connectivity index (χ2n) is 11.2. The molecule has 0 spiro atoms. The van der Waals surface area contributed by atoms with E-state index in [0.29, 0.717) is 31.5 Å². The van der Waals surface area contributed by atoms with E-state index in [1.165, 1.54) is 5.57 Å². The predicted molar refractivity (Wildman–Crippen MR) is 118 cm³/mol. The minimum absolute atomic E-state index is 0.00306. The fourth-order valence-corrected chi connectivity index (χ4v) is 4.85. The van der Waals surface area contributed by atoms with Gasteiger partial charge in [0.2, 0.25) is 17.7 Å². The lowest BCUT2D eigenvalue weighted by Crippen LogP contribution is -2.43. The third-order valence-corrected chi connectivity index (χ3v) is 7.03. The molecule has 6 nitrogen and oxygen atoms in total. The van der Waals surface area contributed by atoms with E-state index in [1.54, 1.807) is 6.08 Å². The summed E-state index contributed by atoms with van der Waals surface area (Å²) in [6, 6.07) is 0. The number of amides is 3. The number of likely N-dealkylation sites (tertiary alicyclic amines) is 2. The minimum Gasteiger partial charge on any atom is -0.352 e. The van der Waals surface area contributed by atoms with Gasteiger partial charge in [-0.2, -0.15) is 0 Å². The molecule has 0 aromatic carbocycles. The maximum Gasteiger partial charge on any atom is 0.243 e. The summed E-state index contributed by atoms with van der Waals surface area (Å²) < 4.78 is 0. The first-order chi connectivity index (χ1) is 13.9. The van der Waals surface area contributed by atoms with Gasteiger partial charge in [0.15, 0.2) is 0 Å². The van der Waals surface area contributed by atoms with E-state index < -0.39 is 0 Å². The summed E-state index contributed by atoms with van der Waals surface area (Å²) in [5, 5.41) is 3.04. The van der Waals surface area contributed by atoms with Crippen molar-refractivity contribution in [1.82, 2.24) is 15.1 Å². The van der Waals surface area contributed by atoms with Crippen molar-refractivity contribution >= 4 is 17.7 Å². The molecule has 0 bridgehead atoms. The molecule has 0 aromatic rings. The first-order valence-corrected chi connectivity index (χ1v) is 11.5. The third-order valence-electron chi connectivity index (χ3n) is 7.03. The zero-order valence-corrected chi connectivity index (χ0v) is 19.4. The Balaban J connectivity index is 1.43. The molecule has 2 aliphatic heterocycles. The van der Waals surface area contributed by atoms with Gasteiger partial charge in [-0.05, 0) is 64.2 Å². The van der Waals surface area contributed by atoms with Crippen molar-refractivity contribution in [3.05, 3.63) is 11.6 Å². The lowest BCUT2D eigenvalue weighted by Gasteiger charge is -2.32. The van der Waals surface area contributed by atoms with Crippen LogP contribution in [-0.4, -0.2) is 59.2 Å². The Labute approximate surface area is 181 Å². The van der Waals surface area contributed by atoms with E-state index in [9.17, 15) is 14.4 Å². The number of hydrogen-bond acceptors (Lipinski definition) is 3. The van der Waals surface area contributed by atoms with Crippen molar-refractivity contribution in [2.75, 3.05) is 26.2 Å². The van der Waals surface area contributed by atoms with Crippen LogP contribution in [0.1, 0.15) is 73.1 Å². The Bertz CT molecular complexity index is 708. The molecular weight excluding hydrogens is 378 g/mol. The number of allylic oxidation sites excluding steroid dienone is 1. The fourth-order valence-electron chi connectivity index (χ4n) is 4.85. The van der Waals surface area contributed by atoms with Crippen molar-refractivity contribution in [1.29, 1.82) is 0 Å². The Morgan fingerprint density at radius 1 is 1.17 bits per heavy atom. The number of carbonyl (C=O) groups excluding carboxylic acids is 3. The van der Waals surface area contributed by atoms with Crippen molar-refractivity contribution in [3.63, 3.8) is 0 Å². The number of hydrogen-bond donors (Lipinski definition) is 1. The van der Waals surface area contributed by atoms with Crippen molar-refractivity contribution in [2.24, 2.45) is 17.3 Å². The standard InChI is InChI=1S/C24H39N3O3/c1-23(2,3)27-16-19(13-21(27)29)22(30)26-11-8-18(15-26)14-25-20(28)12-17-6-9-24(4,5)10-7-17/h12,18-19H,6-11,13-16H2,1-5H3,(H,25,28). The normalized spacial score (nSPS) is 26.8. The van der Waals surface area contributed by atoms with Crippen LogP contribution in [0.5, 0.6) is 0 Å². The highest BCUT2D eigenvalue weighted by Crippen LogP contribution is 2.37. The summed E-state index contributed by atoms with van der Waals surface area (Å²) in [5.74, 6) is 0.221. The molecule has 168 valence electrons. The monoisotopic (exact) mass is 417 g/mol. The Morgan fingerprint density at radius 3 is 2.43 bits per heavy atom. The van der Waals surface area contributed by atoms with Crippen LogP contribution in [0.25, 0.3) is 0 Å². The molecule has 1 N–H and O–H groups in total. The van der Waals surface area contributed by atoms with Gasteiger partial charge in [0.1, 0.15) is 0 Å². The molecule has 2 heterocycles. The Hall–Kier alpha value is -1.85. The van der Waals surface area contributed by atoms with Gasteiger partial charge in [-0.1, -0.05) is 19.4 Å². The van der Waals surface area contributed by atoms with Crippen molar-refractivity contribution in [2.45, 2.75) is 78.7 Å².